The summed E-state index contributed by atoms with van der Waals surface area (Å²) in [7, 11) is 0. The lowest BCUT2D eigenvalue weighted by Gasteiger charge is -2.39. The van der Waals surface area contributed by atoms with Crippen LogP contribution in [0, 0.1) is 11.3 Å². The largest absolute Gasteiger partial charge is 0.316 e. The van der Waals surface area contributed by atoms with E-state index in [1.807, 2.05) is 0 Å². The minimum Gasteiger partial charge on any atom is -0.316 e. The molecule has 19 heavy (non-hydrogen) atoms. The molecule has 1 fully saturated rings. The zero-order valence-corrected chi connectivity index (χ0v) is 13.8. The Balaban J connectivity index is 2.31. The van der Waals surface area contributed by atoms with Gasteiger partial charge in [-0.25, -0.2) is 0 Å². The van der Waals surface area contributed by atoms with E-state index in [2.05, 4.69) is 37.9 Å². The molecule has 1 atom stereocenters. The highest BCUT2D eigenvalue weighted by Gasteiger charge is 2.27. The highest BCUT2D eigenvalue weighted by Crippen LogP contribution is 2.27. The van der Waals surface area contributed by atoms with Gasteiger partial charge in [0.05, 0.1) is 0 Å². The summed E-state index contributed by atoms with van der Waals surface area (Å²) in [6.45, 7) is 15.6. The van der Waals surface area contributed by atoms with Crippen molar-refractivity contribution in [1.29, 1.82) is 0 Å². The van der Waals surface area contributed by atoms with Crippen molar-refractivity contribution in [2.45, 2.75) is 66.2 Å². The van der Waals surface area contributed by atoms with Crippen LogP contribution in [0.5, 0.6) is 0 Å². The summed E-state index contributed by atoms with van der Waals surface area (Å²) in [5.74, 6) is 1.01. The van der Waals surface area contributed by atoms with E-state index in [0.29, 0.717) is 5.41 Å². The van der Waals surface area contributed by atoms with Crippen molar-refractivity contribution in [2.75, 3.05) is 32.7 Å². The zero-order valence-electron chi connectivity index (χ0n) is 13.8. The number of likely N-dealkylation sites (tertiary alicyclic amines) is 1. The Hall–Kier alpha value is -0.0800. The molecule has 0 aromatic heterocycles. The molecule has 0 aromatic carbocycles. The number of hydrogen-bond donors (Lipinski definition) is 1. The molecule has 0 aromatic rings. The van der Waals surface area contributed by atoms with Gasteiger partial charge in [-0.05, 0) is 56.7 Å². The Morgan fingerprint density at radius 3 is 2.32 bits per heavy atom. The Morgan fingerprint density at radius 1 is 1.11 bits per heavy atom. The van der Waals surface area contributed by atoms with Gasteiger partial charge in [0.2, 0.25) is 0 Å². The van der Waals surface area contributed by atoms with E-state index in [1.54, 1.807) is 0 Å². The maximum absolute atomic E-state index is 3.62. The van der Waals surface area contributed by atoms with Gasteiger partial charge < -0.3 is 10.2 Å². The minimum atomic E-state index is 0.451. The second-order valence-electron chi connectivity index (χ2n) is 6.85. The highest BCUT2D eigenvalue weighted by atomic mass is 15.1. The van der Waals surface area contributed by atoms with Gasteiger partial charge in [-0.3, -0.25) is 0 Å². The van der Waals surface area contributed by atoms with E-state index in [-0.39, 0.29) is 0 Å². The lowest BCUT2D eigenvalue weighted by molar-refractivity contribution is 0.112. The van der Waals surface area contributed by atoms with Crippen LogP contribution in [0.3, 0.4) is 0 Å². The Morgan fingerprint density at radius 2 is 1.79 bits per heavy atom. The smallest absolute Gasteiger partial charge is 0.00474 e. The average Bonchev–Trinajstić information content (AvgIpc) is 2.42. The van der Waals surface area contributed by atoms with Crippen LogP contribution in [0.25, 0.3) is 0 Å². The van der Waals surface area contributed by atoms with Crippen LogP contribution >= 0.6 is 0 Å². The lowest BCUT2D eigenvalue weighted by Crippen LogP contribution is -2.45. The van der Waals surface area contributed by atoms with Gasteiger partial charge >= 0.3 is 0 Å². The Kier molecular flexibility index (Phi) is 8.01. The molecule has 0 aliphatic carbocycles. The summed E-state index contributed by atoms with van der Waals surface area (Å²) < 4.78 is 0. The van der Waals surface area contributed by atoms with E-state index in [4.69, 9.17) is 0 Å². The Labute approximate surface area is 121 Å². The van der Waals surface area contributed by atoms with Crippen LogP contribution in [0.1, 0.15) is 66.2 Å². The number of hydrogen-bond acceptors (Lipinski definition) is 2. The van der Waals surface area contributed by atoms with Gasteiger partial charge in [0.15, 0.2) is 0 Å². The molecule has 1 rings (SSSR count). The maximum Gasteiger partial charge on any atom is 0.00474 e. The molecule has 1 aliphatic heterocycles. The van der Waals surface area contributed by atoms with Gasteiger partial charge in [-0.2, -0.15) is 0 Å². The number of piperidine rings is 1. The number of rotatable bonds is 9. The standard InChI is InChI=1S/C17H36N2/c1-5-8-16-9-12-19(13-10-16)15-17(4,7-3)14-18-11-6-2/h16,18H,5-15H2,1-4H3. The van der Waals surface area contributed by atoms with Gasteiger partial charge in [0, 0.05) is 13.1 Å². The molecule has 0 radical (unpaired) electrons. The van der Waals surface area contributed by atoms with E-state index in [0.717, 1.165) is 12.5 Å². The van der Waals surface area contributed by atoms with Crippen LogP contribution in [0.4, 0.5) is 0 Å². The molecule has 1 heterocycles. The molecule has 1 aliphatic rings. The third-order valence-electron chi connectivity index (χ3n) is 4.84. The fraction of sp³-hybridized carbons (Fsp3) is 1.00. The van der Waals surface area contributed by atoms with Gasteiger partial charge in [0.25, 0.3) is 0 Å². The first-order valence-corrected chi connectivity index (χ1v) is 8.56. The molecular weight excluding hydrogens is 232 g/mol. The molecule has 1 N–H and O–H groups in total. The quantitative estimate of drug-likeness (QED) is 0.638. The van der Waals surface area contributed by atoms with Crippen molar-refractivity contribution >= 4 is 0 Å². The van der Waals surface area contributed by atoms with Crippen LogP contribution in [-0.4, -0.2) is 37.6 Å². The van der Waals surface area contributed by atoms with E-state index in [9.17, 15) is 0 Å². The monoisotopic (exact) mass is 268 g/mol. The third kappa shape index (κ3) is 6.27. The summed E-state index contributed by atoms with van der Waals surface area (Å²) in [6, 6.07) is 0. The van der Waals surface area contributed by atoms with Crippen molar-refractivity contribution in [3.63, 3.8) is 0 Å². The molecule has 0 saturated carbocycles. The van der Waals surface area contributed by atoms with Crippen molar-refractivity contribution in [3.05, 3.63) is 0 Å². The first-order chi connectivity index (χ1) is 9.13. The maximum atomic E-state index is 3.62. The molecule has 2 nitrogen and oxygen atoms in total. The van der Waals surface area contributed by atoms with Crippen molar-refractivity contribution in [3.8, 4) is 0 Å². The second kappa shape index (κ2) is 8.97. The first kappa shape index (κ1) is 17.0. The molecule has 1 saturated heterocycles. The average molecular weight is 268 g/mol. The van der Waals surface area contributed by atoms with Gasteiger partial charge in [0.1, 0.15) is 0 Å². The lowest BCUT2D eigenvalue weighted by atomic mass is 9.85. The first-order valence-electron chi connectivity index (χ1n) is 8.56. The molecule has 114 valence electrons. The van der Waals surface area contributed by atoms with Crippen LogP contribution < -0.4 is 5.32 Å². The summed E-state index contributed by atoms with van der Waals surface area (Å²) >= 11 is 0. The van der Waals surface area contributed by atoms with Crippen molar-refractivity contribution in [1.82, 2.24) is 10.2 Å². The minimum absolute atomic E-state index is 0.451. The van der Waals surface area contributed by atoms with Crippen molar-refractivity contribution < 1.29 is 0 Å². The molecule has 0 spiro atoms. The predicted molar refractivity (Wildman–Crippen MR) is 85.6 cm³/mol. The van der Waals surface area contributed by atoms with Gasteiger partial charge in [-0.15, -0.1) is 0 Å². The molecule has 1 unspecified atom stereocenters. The van der Waals surface area contributed by atoms with Crippen molar-refractivity contribution in [2.24, 2.45) is 11.3 Å². The highest BCUT2D eigenvalue weighted by molar-refractivity contribution is 4.82. The topological polar surface area (TPSA) is 15.3 Å². The molecule has 0 amide bonds. The SMILES string of the molecule is CCCNCC(C)(CC)CN1CCC(CCC)CC1. The fourth-order valence-corrected chi connectivity index (χ4v) is 3.24. The fourth-order valence-electron chi connectivity index (χ4n) is 3.24. The summed E-state index contributed by atoms with van der Waals surface area (Å²) in [5.41, 5.74) is 0.451. The molecule has 2 heteroatoms. The summed E-state index contributed by atoms with van der Waals surface area (Å²) in [5, 5.41) is 3.62. The van der Waals surface area contributed by atoms with Gasteiger partial charge in [-0.1, -0.05) is 40.5 Å². The predicted octanol–water partition coefficient (Wildman–Crippen LogP) is 3.91. The number of nitrogens with zero attached hydrogens (tertiary/aromatic N) is 1. The normalized spacial score (nSPS) is 21.5. The van der Waals surface area contributed by atoms with Crippen LogP contribution in [0.2, 0.25) is 0 Å². The zero-order chi connectivity index (χ0) is 14.1. The van der Waals surface area contributed by atoms with E-state index >= 15 is 0 Å². The second-order valence-corrected chi connectivity index (χ2v) is 6.85. The van der Waals surface area contributed by atoms with E-state index in [1.165, 1.54) is 64.7 Å². The van der Waals surface area contributed by atoms with Crippen LogP contribution in [-0.2, 0) is 0 Å². The Bertz CT molecular complexity index is 221. The van der Waals surface area contributed by atoms with Crippen LogP contribution in [0.15, 0.2) is 0 Å². The third-order valence-corrected chi connectivity index (χ3v) is 4.84. The summed E-state index contributed by atoms with van der Waals surface area (Å²) in [6.07, 6.45) is 8.17. The van der Waals surface area contributed by atoms with E-state index < -0.39 is 0 Å². The molecular formula is C17H36N2. The number of nitrogens with one attached hydrogen (secondary N) is 1. The molecule has 0 bridgehead atoms. The summed E-state index contributed by atoms with van der Waals surface area (Å²) in [4.78, 5) is 2.71.